The zero-order valence-electron chi connectivity index (χ0n) is 12.6. The molecule has 3 nitrogen and oxygen atoms in total. The minimum atomic E-state index is -0.312. The first-order valence-corrected chi connectivity index (χ1v) is 7.25. The van der Waals surface area contributed by atoms with E-state index in [1.165, 1.54) is 0 Å². The number of ether oxygens (including phenoxy) is 2. The number of aliphatic hydroxyl groups is 1. The Morgan fingerprint density at radius 1 is 1.28 bits per heavy atom. The Morgan fingerprint density at radius 2 is 1.94 bits per heavy atom. The maximum atomic E-state index is 10.1. The highest BCUT2D eigenvalue weighted by molar-refractivity contribution is 4.86. The molecule has 0 saturated heterocycles. The minimum Gasteiger partial charge on any atom is -0.390 e. The Labute approximate surface area is 112 Å². The van der Waals surface area contributed by atoms with Gasteiger partial charge in [0.05, 0.1) is 24.9 Å². The second kappa shape index (κ2) is 6.88. The highest BCUT2D eigenvalue weighted by Gasteiger charge is 2.36. The average molecular weight is 258 g/mol. The third-order valence-corrected chi connectivity index (χ3v) is 3.95. The van der Waals surface area contributed by atoms with Gasteiger partial charge in [0.1, 0.15) is 0 Å². The summed E-state index contributed by atoms with van der Waals surface area (Å²) in [4.78, 5) is 0. The molecular formula is C15H30O3. The summed E-state index contributed by atoms with van der Waals surface area (Å²) in [5, 5.41) is 10.1. The van der Waals surface area contributed by atoms with E-state index in [0.29, 0.717) is 24.5 Å². The van der Waals surface area contributed by atoms with Crippen molar-refractivity contribution in [1.29, 1.82) is 0 Å². The summed E-state index contributed by atoms with van der Waals surface area (Å²) in [6.45, 7) is 12.1. The van der Waals surface area contributed by atoms with Crippen molar-refractivity contribution in [2.24, 2.45) is 11.3 Å². The number of hydrogen-bond donors (Lipinski definition) is 1. The van der Waals surface area contributed by atoms with Gasteiger partial charge in [-0.05, 0) is 44.4 Å². The smallest absolute Gasteiger partial charge is 0.0841 e. The van der Waals surface area contributed by atoms with Crippen LogP contribution in [0.15, 0.2) is 0 Å². The molecule has 0 heterocycles. The standard InChI is InChI=1S/C15H30O3/c1-6-17-10-11(2)18-14-9-12(15(3,4)5)7-8-13(14)16/h11-14,16H,6-10H2,1-5H3. The summed E-state index contributed by atoms with van der Waals surface area (Å²) in [5.41, 5.74) is 0.297. The Kier molecular flexibility index (Phi) is 6.09. The minimum absolute atomic E-state index is 0.0292. The van der Waals surface area contributed by atoms with E-state index in [1.807, 2.05) is 13.8 Å². The number of rotatable bonds is 5. The van der Waals surface area contributed by atoms with Gasteiger partial charge in [-0.2, -0.15) is 0 Å². The first-order valence-electron chi connectivity index (χ1n) is 7.25. The lowest BCUT2D eigenvalue weighted by atomic mass is 9.71. The molecule has 3 heteroatoms. The van der Waals surface area contributed by atoms with E-state index >= 15 is 0 Å². The predicted molar refractivity (Wildman–Crippen MR) is 73.6 cm³/mol. The van der Waals surface area contributed by atoms with Crippen LogP contribution in [0.4, 0.5) is 0 Å². The Bertz CT molecular complexity index is 234. The number of aliphatic hydroxyl groups excluding tert-OH is 1. The molecule has 0 amide bonds. The third kappa shape index (κ3) is 4.87. The molecule has 0 bridgehead atoms. The lowest BCUT2D eigenvalue weighted by Crippen LogP contribution is -2.41. The molecule has 0 radical (unpaired) electrons. The van der Waals surface area contributed by atoms with Crippen molar-refractivity contribution in [3.63, 3.8) is 0 Å². The Balaban J connectivity index is 2.47. The van der Waals surface area contributed by atoms with E-state index in [-0.39, 0.29) is 18.3 Å². The molecule has 1 aliphatic carbocycles. The van der Waals surface area contributed by atoms with Gasteiger partial charge in [-0.25, -0.2) is 0 Å². The van der Waals surface area contributed by atoms with Crippen molar-refractivity contribution in [2.75, 3.05) is 13.2 Å². The SMILES string of the molecule is CCOCC(C)OC1CC(C(C)(C)C)CCC1O. The van der Waals surface area contributed by atoms with Crippen LogP contribution >= 0.6 is 0 Å². The van der Waals surface area contributed by atoms with Crippen LogP contribution in [-0.2, 0) is 9.47 Å². The van der Waals surface area contributed by atoms with Crippen LogP contribution in [0, 0.1) is 11.3 Å². The van der Waals surface area contributed by atoms with Gasteiger partial charge in [0.15, 0.2) is 0 Å². The fraction of sp³-hybridized carbons (Fsp3) is 1.00. The third-order valence-electron chi connectivity index (χ3n) is 3.95. The zero-order valence-corrected chi connectivity index (χ0v) is 12.6. The monoisotopic (exact) mass is 258 g/mol. The van der Waals surface area contributed by atoms with Gasteiger partial charge in [-0.3, -0.25) is 0 Å². The first-order chi connectivity index (χ1) is 8.34. The molecule has 4 unspecified atom stereocenters. The molecule has 1 aliphatic rings. The van der Waals surface area contributed by atoms with Crippen LogP contribution in [0.25, 0.3) is 0 Å². The summed E-state index contributed by atoms with van der Waals surface area (Å²) in [5.74, 6) is 0.630. The summed E-state index contributed by atoms with van der Waals surface area (Å²) in [6, 6.07) is 0. The predicted octanol–water partition coefficient (Wildman–Crippen LogP) is 3.00. The van der Waals surface area contributed by atoms with E-state index in [2.05, 4.69) is 20.8 Å². The van der Waals surface area contributed by atoms with Crippen LogP contribution in [0.5, 0.6) is 0 Å². The maximum Gasteiger partial charge on any atom is 0.0841 e. The highest BCUT2D eigenvalue weighted by atomic mass is 16.5. The summed E-state index contributed by atoms with van der Waals surface area (Å²) in [6.07, 6.45) is 2.63. The molecule has 0 aromatic rings. The molecule has 1 rings (SSSR count). The van der Waals surface area contributed by atoms with Crippen molar-refractivity contribution < 1.29 is 14.6 Å². The maximum absolute atomic E-state index is 10.1. The molecule has 4 atom stereocenters. The molecule has 0 aromatic carbocycles. The highest BCUT2D eigenvalue weighted by Crippen LogP contribution is 2.39. The van der Waals surface area contributed by atoms with Crippen molar-refractivity contribution in [1.82, 2.24) is 0 Å². The van der Waals surface area contributed by atoms with Gasteiger partial charge in [0.25, 0.3) is 0 Å². The van der Waals surface area contributed by atoms with Crippen molar-refractivity contribution in [3.05, 3.63) is 0 Å². The quantitative estimate of drug-likeness (QED) is 0.824. The summed E-state index contributed by atoms with van der Waals surface area (Å²) >= 11 is 0. The first kappa shape index (κ1) is 15.9. The molecule has 0 spiro atoms. The molecule has 0 aliphatic heterocycles. The van der Waals surface area contributed by atoms with Crippen molar-refractivity contribution in [2.45, 2.75) is 72.2 Å². The fourth-order valence-electron chi connectivity index (χ4n) is 2.67. The Hall–Kier alpha value is -0.120. The molecule has 108 valence electrons. The molecule has 1 saturated carbocycles. The van der Waals surface area contributed by atoms with Crippen LogP contribution in [-0.4, -0.2) is 36.6 Å². The Morgan fingerprint density at radius 3 is 2.50 bits per heavy atom. The van der Waals surface area contributed by atoms with E-state index < -0.39 is 0 Å². The van der Waals surface area contributed by atoms with E-state index in [9.17, 15) is 5.11 Å². The molecule has 1 N–H and O–H groups in total. The average Bonchev–Trinajstić information content (AvgIpc) is 2.28. The lowest BCUT2D eigenvalue weighted by Gasteiger charge is -2.40. The van der Waals surface area contributed by atoms with Crippen LogP contribution in [0.3, 0.4) is 0 Å². The zero-order chi connectivity index (χ0) is 13.8. The van der Waals surface area contributed by atoms with Gasteiger partial charge in [0, 0.05) is 6.61 Å². The van der Waals surface area contributed by atoms with Crippen LogP contribution in [0.1, 0.15) is 53.9 Å². The number of hydrogen-bond acceptors (Lipinski definition) is 3. The van der Waals surface area contributed by atoms with Gasteiger partial charge in [0.2, 0.25) is 0 Å². The molecule has 0 aromatic heterocycles. The van der Waals surface area contributed by atoms with Gasteiger partial charge in [-0.15, -0.1) is 0 Å². The normalized spacial score (nSPS) is 31.3. The van der Waals surface area contributed by atoms with E-state index in [4.69, 9.17) is 9.47 Å². The lowest BCUT2D eigenvalue weighted by molar-refractivity contribution is -0.124. The topological polar surface area (TPSA) is 38.7 Å². The van der Waals surface area contributed by atoms with Gasteiger partial charge < -0.3 is 14.6 Å². The van der Waals surface area contributed by atoms with Gasteiger partial charge >= 0.3 is 0 Å². The molecule has 1 fully saturated rings. The van der Waals surface area contributed by atoms with Crippen molar-refractivity contribution >= 4 is 0 Å². The van der Waals surface area contributed by atoms with Crippen LogP contribution < -0.4 is 0 Å². The van der Waals surface area contributed by atoms with Crippen LogP contribution in [0.2, 0.25) is 0 Å². The molecule has 18 heavy (non-hydrogen) atoms. The second-order valence-electron chi connectivity index (χ2n) is 6.59. The van der Waals surface area contributed by atoms with Crippen molar-refractivity contribution in [3.8, 4) is 0 Å². The van der Waals surface area contributed by atoms with Gasteiger partial charge in [-0.1, -0.05) is 20.8 Å². The largest absolute Gasteiger partial charge is 0.390 e. The fourth-order valence-corrected chi connectivity index (χ4v) is 2.67. The molecular weight excluding hydrogens is 228 g/mol. The summed E-state index contributed by atoms with van der Waals surface area (Å²) in [7, 11) is 0. The van der Waals surface area contributed by atoms with E-state index in [0.717, 1.165) is 19.3 Å². The van der Waals surface area contributed by atoms with E-state index in [1.54, 1.807) is 0 Å². The second-order valence-corrected chi connectivity index (χ2v) is 6.59. The summed E-state index contributed by atoms with van der Waals surface area (Å²) < 4.78 is 11.3.